The van der Waals surface area contributed by atoms with Crippen molar-refractivity contribution in [3.8, 4) is 5.69 Å². The van der Waals surface area contributed by atoms with Gasteiger partial charge in [-0.15, -0.1) is 0 Å². The Morgan fingerprint density at radius 2 is 1.93 bits per heavy atom. The number of amides is 1. The summed E-state index contributed by atoms with van der Waals surface area (Å²) in [4.78, 5) is 27.2. The highest BCUT2D eigenvalue weighted by Crippen LogP contribution is 2.25. The Morgan fingerprint density at radius 1 is 1.18 bits per heavy atom. The summed E-state index contributed by atoms with van der Waals surface area (Å²) in [5, 5.41) is 14.4. The van der Waals surface area contributed by atoms with E-state index in [1.807, 2.05) is 24.6 Å². The summed E-state index contributed by atoms with van der Waals surface area (Å²) in [6.07, 6.45) is 3.57. The molecule has 2 aromatic carbocycles. The number of hydrogen-bond acceptors (Lipinski definition) is 5. The summed E-state index contributed by atoms with van der Waals surface area (Å²) in [7, 11) is 0. The van der Waals surface area contributed by atoms with Crippen molar-refractivity contribution in [3.63, 3.8) is 0 Å². The molecular weight excluding hydrogens is 376 g/mol. The first-order chi connectivity index (χ1) is 13.3. The largest absolute Gasteiger partial charge is 0.325 e. The van der Waals surface area contributed by atoms with Crippen LogP contribution in [-0.4, -0.2) is 26.1 Å². The molecule has 0 bridgehead atoms. The lowest BCUT2D eigenvalue weighted by Crippen LogP contribution is -2.15. The van der Waals surface area contributed by atoms with Crippen LogP contribution >= 0.6 is 11.8 Å². The van der Waals surface area contributed by atoms with Crippen LogP contribution in [0.4, 0.5) is 11.4 Å². The zero-order chi connectivity index (χ0) is 20.3. The fraction of sp³-hybridized carbons (Fsp3) is 0.200. The van der Waals surface area contributed by atoms with Crippen LogP contribution in [0.2, 0.25) is 0 Å². The van der Waals surface area contributed by atoms with Crippen molar-refractivity contribution in [2.45, 2.75) is 25.9 Å². The molecule has 0 atom stereocenters. The SMILES string of the molecule is Cc1ccc(C)c(-n2ccnc2SCC(=O)Nc2cc([N+](=O)[O-])ccc2C)c1. The van der Waals surface area contributed by atoms with Gasteiger partial charge in [0.1, 0.15) is 0 Å². The number of nitrogens with zero attached hydrogens (tertiary/aromatic N) is 3. The molecule has 1 heterocycles. The molecular formula is C20H20N4O3S. The van der Waals surface area contributed by atoms with E-state index in [0.717, 1.165) is 22.4 Å². The molecule has 3 rings (SSSR count). The number of aryl methyl sites for hydroxylation is 3. The van der Waals surface area contributed by atoms with Crippen LogP contribution in [0.1, 0.15) is 16.7 Å². The van der Waals surface area contributed by atoms with E-state index in [1.54, 1.807) is 19.2 Å². The number of hydrogen-bond donors (Lipinski definition) is 1. The molecule has 0 aliphatic carbocycles. The molecule has 0 aliphatic rings. The fourth-order valence-electron chi connectivity index (χ4n) is 2.73. The Kier molecular flexibility index (Phi) is 5.79. The minimum atomic E-state index is -0.481. The number of aromatic nitrogens is 2. The number of carbonyl (C=O) groups excluding carboxylic acids is 1. The highest BCUT2D eigenvalue weighted by Gasteiger charge is 2.14. The van der Waals surface area contributed by atoms with Crippen molar-refractivity contribution in [1.29, 1.82) is 0 Å². The molecule has 0 saturated carbocycles. The lowest BCUT2D eigenvalue weighted by molar-refractivity contribution is -0.384. The summed E-state index contributed by atoms with van der Waals surface area (Å²) in [5.74, 6) is -0.103. The van der Waals surface area contributed by atoms with E-state index >= 15 is 0 Å². The van der Waals surface area contributed by atoms with Gasteiger partial charge in [-0.25, -0.2) is 4.98 Å². The van der Waals surface area contributed by atoms with Crippen LogP contribution in [0.25, 0.3) is 5.69 Å². The molecule has 0 aliphatic heterocycles. The van der Waals surface area contributed by atoms with E-state index in [2.05, 4.69) is 28.5 Å². The second-order valence-electron chi connectivity index (χ2n) is 6.46. The number of imidazole rings is 1. The smallest absolute Gasteiger partial charge is 0.271 e. The Balaban J connectivity index is 1.71. The molecule has 1 N–H and O–H groups in total. The lowest BCUT2D eigenvalue weighted by atomic mass is 10.1. The number of carbonyl (C=O) groups is 1. The molecule has 1 aromatic heterocycles. The monoisotopic (exact) mass is 396 g/mol. The van der Waals surface area contributed by atoms with E-state index < -0.39 is 4.92 Å². The van der Waals surface area contributed by atoms with Crippen molar-refractivity contribution in [2.75, 3.05) is 11.1 Å². The van der Waals surface area contributed by atoms with E-state index in [0.29, 0.717) is 10.8 Å². The highest BCUT2D eigenvalue weighted by atomic mass is 32.2. The van der Waals surface area contributed by atoms with Gasteiger partial charge in [-0.1, -0.05) is 30.0 Å². The summed E-state index contributed by atoms with van der Waals surface area (Å²) in [6.45, 7) is 5.85. The predicted molar refractivity (Wildman–Crippen MR) is 110 cm³/mol. The minimum Gasteiger partial charge on any atom is -0.325 e. The zero-order valence-electron chi connectivity index (χ0n) is 15.8. The normalized spacial score (nSPS) is 10.7. The van der Waals surface area contributed by atoms with Crippen LogP contribution in [0.5, 0.6) is 0 Å². The van der Waals surface area contributed by atoms with Gasteiger partial charge in [-0.2, -0.15) is 0 Å². The van der Waals surface area contributed by atoms with Gasteiger partial charge >= 0.3 is 0 Å². The molecule has 144 valence electrons. The lowest BCUT2D eigenvalue weighted by Gasteiger charge is -2.12. The summed E-state index contributed by atoms with van der Waals surface area (Å²) in [5.41, 5.74) is 4.43. The highest BCUT2D eigenvalue weighted by molar-refractivity contribution is 7.99. The van der Waals surface area contributed by atoms with Crippen molar-refractivity contribution in [2.24, 2.45) is 0 Å². The number of benzene rings is 2. The first-order valence-corrected chi connectivity index (χ1v) is 9.62. The predicted octanol–water partition coefficient (Wildman–Crippen LogP) is 4.44. The van der Waals surface area contributed by atoms with E-state index in [-0.39, 0.29) is 17.3 Å². The molecule has 8 heteroatoms. The van der Waals surface area contributed by atoms with Gasteiger partial charge in [0, 0.05) is 24.5 Å². The maximum absolute atomic E-state index is 12.4. The number of anilines is 1. The van der Waals surface area contributed by atoms with Gasteiger partial charge in [0.2, 0.25) is 5.91 Å². The molecule has 0 spiro atoms. The molecule has 1 amide bonds. The average molecular weight is 396 g/mol. The summed E-state index contributed by atoms with van der Waals surface area (Å²) in [6, 6.07) is 10.6. The maximum Gasteiger partial charge on any atom is 0.271 e. The minimum absolute atomic E-state index is 0.0565. The van der Waals surface area contributed by atoms with Crippen molar-refractivity contribution in [3.05, 3.63) is 75.6 Å². The molecule has 3 aromatic rings. The topological polar surface area (TPSA) is 90.1 Å². The standard InChI is InChI=1S/C20H20N4O3S/c1-13-4-5-15(3)18(10-13)23-9-8-21-20(23)28-12-19(25)22-17-11-16(24(26)27)7-6-14(17)2/h4-11H,12H2,1-3H3,(H,22,25). The molecule has 0 fully saturated rings. The van der Waals surface area contributed by atoms with Crippen LogP contribution in [0, 0.1) is 30.9 Å². The van der Waals surface area contributed by atoms with Crippen molar-refractivity contribution in [1.82, 2.24) is 9.55 Å². The maximum atomic E-state index is 12.4. The van der Waals surface area contributed by atoms with E-state index in [9.17, 15) is 14.9 Å². The zero-order valence-corrected chi connectivity index (χ0v) is 16.6. The second kappa shape index (κ2) is 8.26. The number of rotatable bonds is 6. The molecule has 0 unspecified atom stereocenters. The Hall–Kier alpha value is -3.13. The van der Waals surface area contributed by atoms with Crippen LogP contribution < -0.4 is 5.32 Å². The quantitative estimate of drug-likeness (QED) is 0.378. The fourth-order valence-corrected chi connectivity index (χ4v) is 3.50. The first kappa shape index (κ1) is 19.6. The van der Waals surface area contributed by atoms with E-state index in [1.165, 1.54) is 23.9 Å². The number of nitrogens with one attached hydrogen (secondary N) is 1. The number of nitro benzene ring substituents is 1. The van der Waals surface area contributed by atoms with E-state index in [4.69, 9.17) is 0 Å². The average Bonchev–Trinajstić information content (AvgIpc) is 3.12. The third-order valence-electron chi connectivity index (χ3n) is 4.27. The molecule has 7 nitrogen and oxygen atoms in total. The van der Waals surface area contributed by atoms with Gasteiger partial charge < -0.3 is 5.32 Å². The van der Waals surface area contributed by atoms with Crippen LogP contribution in [0.3, 0.4) is 0 Å². The van der Waals surface area contributed by atoms with Crippen LogP contribution in [-0.2, 0) is 4.79 Å². The third kappa shape index (κ3) is 4.40. The van der Waals surface area contributed by atoms with Gasteiger partial charge in [0.05, 0.1) is 22.1 Å². The Bertz CT molecular complexity index is 1050. The third-order valence-corrected chi connectivity index (χ3v) is 5.24. The van der Waals surface area contributed by atoms with Crippen molar-refractivity contribution >= 4 is 29.0 Å². The molecule has 0 radical (unpaired) electrons. The number of non-ortho nitro benzene ring substituents is 1. The van der Waals surface area contributed by atoms with Gasteiger partial charge in [-0.05, 0) is 43.5 Å². The van der Waals surface area contributed by atoms with Crippen LogP contribution in [0.15, 0.2) is 53.9 Å². The Labute approximate surface area is 166 Å². The van der Waals surface area contributed by atoms with Gasteiger partial charge in [0.25, 0.3) is 5.69 Å². The van der Waals surface area contributed by atoms with Crippen molar-refractivity contribution < 1.29 is 9.72 Å². The van der Waals surface area contributed by atoms with Gasteiger partial charge in [0.15, 0.2) is 5.16 Å². The number of nitro groups is 1. The molecule has 0 saturated heterocycles. The summed E-state index contributed by atoms with van der Waals surface area (Å²) >= 11 is 1.31. The first-order valence-electron chi connectivity index (χ1n) is 8.64. The number of thioether (sulfide) groups is 1. The Morgan fingerprint density at radius 3 is 2.68 bits per heavy atom. The summed E-state index contributed by atoms with van der Waals surface area (Å²) < 4.78 is 1.96. The second-order valence-corrected chi connectivity index (χ2v) is 7.41. The van der Waals surface area contributed by atoms with Gasteiger partial charge in [-0.3, -0.25) is 19.5 Å². The molecule has 28 heavy (non-hydrogen) atoms.